The predicted octanol–water partition coefficient (Wildman–Crippen LogP) is -0.0155. The fraction of sp³-hybridized carbons (Fsp3) is 0.789. The van der Waals surface area contributed by atoms with Gasteiger partial charge in [0.05, 0.1) is 18.0 Å². The third-order valence-electron chi connectivity index (χ3n) is 6.53. The van der Waals surface area contributed by atoms with Crippen LogP contribution in [-0.2, 0) is 6.54 Å². The minimum Gasteiger partial charge on any atom is -0.381 e. The van der Waals surface area contributed by atoms with Crippen molar-refractivity contribution in [3.63, 3.8) is 0 Å². The van der Waals surface area contributed by atoms with Gasteiger partial charge in [-0.05, 0) is 39.9 Å². The number of fused-ring (bicyclic) bond motifs is 1. The monoisotopic (exact) mass is 424 g/mol. The molecule has 1 amide bonds. The van der Waals surface area contributed by atoms with Crippen molar-refractivity contribution < 1.29 is 4.79 Å². The zero-order chi connectivity index (χ0) is 20.5. The molecule has 0 saturated carbocycles. The number of piperidine rings is 2. The summed E-state index contributed by atoms with van der Waals surface area (Å²) in [5.41, 5.74) is 6.52. The van der Waals surface area contributed by atoms with Crippen LogP contribution in [0.15, 0.2) is 0 Å². The summed E-state index contributed by atoms with van der Waals surface area (Å²) in [6.45, 7) is 5.05. The van der Waals surface area contributed by atoms with E-state index in [9.17, 15) is 4.79 Å². The summed E-state index contributed by atoms with van der Waals surface area (Å²) in [6, 6.07) is 1.04. The highest BCUT2D eigenvalue weighted by Gasteiger charge is 2.35. The fourth-order valence-electron chi connectivity index (χ4n) is 4.88. The first-order valence-electron chi connectivity index (χ1n) is 10.6. The minimum absolute atomic E-state index is 0.0477. The number of likely N-dealkylation sites (tertiary alicyclic amines) is 1. The van der Waals surface area contributed by atoms with Crippen molar-refractivity contribution in [3.8, 4) is 0 Å². The summed E-state index contributed by atoms with van der Waals surface area (Å²) >= 11 is 6.19. The molecule has 2 saturated heterocycles. The number of rotatable bonds is 4. The molecule has 0 radical (unpaired) electrons. The van der Waals surface area contributed by atoms with Crippen molar-refractivity contribution in [1.29, 1.82) is 0 Å². The number of hydrogen-bond donors (Lipinski definition) is 4. The van der Waals surface area contributed by atoms with Gasteiger partial charge in [0.15, 0.2) is 5.82 Å². The fourth-order valence-corrected chi connectivity index (χ4v) is 5.09. The maximum absolute atomic E-state index is 13.1. The van der Waals surface area contributed by atoms with Gasteiger partial charge in [-0.2, -0.15) is 5.10 Å². The normalized spacial score (nSPS) is 28.8. The number of carbonyl (C=O) groups excluding carboxylic acids is 1. The molecule has 0 aromatic carbocycles. The van der Waals surface area contributed by atoms with Crippen LogP contribution in [0.1, 0.15) is 29.6 Å². The molecule has 3 aliphatic heterocycles. The zero-order valence-corrected chi connectivity index (χ0v) is 18.1. The lowest BCUT2D eigenvalue weighted by atomic mass is 9.94. The molecule has 3 unspecified atom stereocenters. The number of nitrogens with two attached hydrogens (primary N) is 1. The van der Waals surface area contributed by atoms with Crippen LogP contribution in [0.2, 0.25) is 0 Å². The number of nitrogens with zero attached hydrogens (tertiary/aromatic N) is 4. The number of nitrogens with one attached hydrogen (secondary N) is 3. The van der Waals surface area contributed by atoms with Gasteiger partial charge in [0.25, 0.3) is 5.91 Å². The molecule has 3 atom stereocenters. The standard InChI is InChI=1S/C19H33ClN8O/c1-26(2)13-4-7-27(8-5-13)15-3-6-22-10-14(15)24-19(29)16-17(21)25-28-11-12(20)9-23-18(16)28/h12-15,22-23H,3-11H2,1-2H3,(H2,21,25)(H,24,29). The molecule has 4 rings (SSSR count). The Hall–Kier alpha value is -1.55. The number of nitrogen functional groups attached to an aromatic ring is 1. The van der Waals surface area contributed by atoms with Crippen molar-refractivity contribution in [2.45, 2.75) is 49.3 Å². The van der Waals surface area contributed by atoms with E-state index in [1.807, 2.05) is 0 Å². The van der Waals surface area contributed by atoms with Gasteiger partial charge in [-0.25, -0.2) is 4.68 Å². The smallest absolute Gasteiger partial charge is 0.259 e. The second-order valence-corrected chi connectivity index (χ2v) is 9.26. The Balaban J connectivity index is 1.44. The summed E-state index contributed by atoms with van der Waals surface area (Å²) in [5, 5.41) is 14.1. The van der Waals surface area contributed by atoms with Crippen molar-refractivity contribution in [1.82, 2.24) is 30.2 Å². The second kappa shape index (κ2) is 8.67. The van der Waals surface area contributed by atoms with Gasteiger partial charge in [0.2, 0.25) is 0 Å². The second-order valence-electron chi connectivity index (χ2n) is 8.64. The minimum atomic E-state index is -0.161. The van der Waals surface area contributed by atoms with Crippen LogP contribution < -0.4 is 21.7 Å². The lowest BCUT2D eigenvalue weighted by molar-refractivity contribution is 0.0673. The van der Waals surface area contributed by atoms with Crippen LogP contribution in [0.5, 0.6) is 0 Å². The predicted molar refractivity (Wildman–Crippen MR) is 116 cm³/mol. The van der Waals surface area contributed by atoms with E-state index < -0.39 is 0 Å². The maximum atomic E-state index is 13.1. The highest BCUT2D eigenvalue weighted by Crippen LogP contribution is 2.27. The van der Waals surface area contributed by atoms with Gasteiger partial charge < -0.3 is 26.6 Å². The van der Waals surface area contributed by atoms with Gasteiger partial charge in [-0.15, -0.1) is 11.6 Å². The molecule has 5 N–H and O–H groups in total. The van der Waals surface area contributed by atoms with Crippen LogP contribution in [0.25, 0.3) is 0 Å². The van der Waals surface area contributed by atoms with E-state index in [0.717, 1.165) is 32.6 Å². The Morgan fingerprint density at radius 2 is 2.03 bits per heavy atom. The molecule has 0 aliphatic carbocycles. The van der Waals surface area contributed by atoms with E-state index in [4.69, 9.17) is 17.3 Å². The van der Waals surface area contributed by atoms with E-state index in [2.05, 4.69) is 44.9 Å². The number of alkyl halides is 1. The molecule has 10 heteroatoms. The van der Waals surface area contributed by atoms with Crippen LogP contribution in [-0.4, -0.2) is 95.8 Å². The number of halogens is 1. The van der Waals surface area contributed by atoms with Gasteiger partial charge in [0, 0.05) is 38.3 Å². The molecule has 162 valence electrons. The summed E-state index contributed by atoms with van der Waals surface area (Å²) in [5.74, 6) is 0.762. The SMILES string of the molecule is CN(C)C1CCN(C2CCNCC2NC(=O)c2c(N)nn3c2NCC(Cl)C3)CC1. The Morgan fingerprint density at radius 3 is 2.76 bits per heavy atom. The van der Waals surface area contributed by atoms with Crippen LogP contribution in [0, 0.1) is 0 Å². The molecule has 0 spiro atoms. The molecule has 4 heterocycles. The van der Waals surface area contributed by atoms with Crippen LogP contribution in [0.3, 0.4) is 0 Å². The highest BCUT2D eigenvalue weighted by atomic mass is 35.5. The van der Waals surface area contributed by atoms with E-state index in [0.29, 0.717) is 36.6 Å². The van der Waals surface area contributed by atoms with E-state index in [1.165, 1.54) is 12.8 Å². The van der Waals surface area contributed by atoms with Gasteiger partial charge in [-0.1, -0.05) is 0 Å². The number of hydrogen-bond acceptors (Lipinski definition) is 7. The topological polar surface area (TPSA) is 103 Å². The molecule has 2 fully saturated rings. The summed E-state index contributed by atoms with van der Waals surface area (Å²) in [6.07, 6.45) is 3.38. The number of amides is 1. The van der Waals surface area contributed by atoms with E-state index >= 15 is 0 Å². The third-order valence-corrected chi connectivity index (χ3v) is 6.82. The van der Waals surface area contributed by atoms with E-state index in [1.54, 1.807) is 4.68 Å². The van der Waals surface area contributed by atoms with E-state index in [-0.39, 0.29) is 23.1 Å². The maximum Gasteiger partial charge on any atom is 0.259 e. The lowest BCUT2D eigenvalue weighted by Gasteiger charge is -2.44. The van der Waals surface area contributed by atoms with Crippen molar-refractivity contribution in [2.75, 3.05) is 57.9 Å². The van der Waals surface area contributed by atoms with Gasteiger partial charge >= 0.3 is 0 Å². The lowest BCUT2D eigenvalue weighted by Crippen LogP contribution is -2.61. The molecule has 3 aliphatic rings. The molecular formula is C19H33ClN8O. The quantitative estimate of drug-likeness (QED) is 0.504. The highest BCUT2D eigenvalue weighted by molar-refractivity contribution is 6.21. The Labute approximate surface area is 177 Å². The Kier molecular flexibility index (Phi) is 6.19. The van der Waals surface area contributed by atoms with Crippen molar-refractivity contribution in [2.24, 2.45) is 0 Å². The molecular weight excluding hydrogens is 392 g/mol. The number of anilines is 2. The number of aromatic nitrogens is 2. The first-order valence-corrected chi connectivity index (χ1v) is 11.0. The van der Waals surface area contributed by atoms with Crippen molar-refractivity contribution >= 4 is 29.1 Å². The molecule has 0 bridgehead atoms. The van der Waals surface area contributed by atoms with Crippen LogP contribution >= 0.6 is 11.6 Å². The van der Waals surface area contributed by atoms with Crippen LogP contribution in [0.4, 0.5) is 11.6 Å². The molecule has 1 aromatic rings. The Morgan fingerprint density at radius 1 is 1.28 bits per heavy atom. The molecule has 29 heavy (non-hydrogen) atoms. The zero-order valence-electron chi connectivity index (χ0n) is 17.3. The average Bonchev–Trinajstić information content (AvgIpc) is 3.03. The van der Waals surface area contributed by atoms with Gasteiger partial charge in [-0.3, -0.25) is 9.69 Å². The van der Waals surface area contributed by atoms with Gasteiger partial charge in [0.1, 0.15) is 11.4 Å². The summed E-state index contributed by atoms with van der Waals surface area (Å²) in [4.78, 5) is 18.0. The first-order chi connectivity index (χ1) is 13.9. The summed E-state index contributed by atoms with van der Waals surface area (Å²) < 4.78 is 1.70. The van der Waals surface area contributed by atoms with Crippen molar-refractivity contribution in [3.05, 3.63) is 5.56 Å². The largest absolute Gasteiger partial charge is 0.381 e. The molecule has 1 aromatic heterocycles. The summed E-state index contributed by atoms with van der Waals surface area (Å²) in [7, 11) is 4.32. The first kappa shape index (κ1) is 20.7. The number of carbonyl (C=O) groups is 1. The molecule has 9 nitrogen and oxygen atoms in total. The Bertz CT molecular complexity index is 730. The third kappa shape index (κ3) is 4.33. The average molecular weight is 425 g/mol.